The van der Waals surface area contributed by atoms with Crippen LogP contribution in [-0.4, -0.2) is 15.9 Å². The van der Waals surface area contributed by atoms with Gasteiger partial charge >= 0.3 is 0 Å². The minimum Gasteiger partial charge on any atom is -0.296 e. The topological polar surface area (TPSA) is 54.9 Å². The average Bonchev–Trinajstić information content (AvgIpc) is 3.04. The molecule has 4 nitrogen and oxygen atoms in total. The molecule has 1 N–H and O–H groups in total. The second kappa shape index (κ2) is 5.30. The van der Waals surface area contributed by atoms with Crippen molar-refractivity contribution >= 4 is 43.9 Å². The third kappa shape index (κ3) is 2.57. The summed E-state index contributed by atoms with van der Waals surface area (Å²) >= 11 is 2.83. The summed E-state index contributed by atoms with van der Waals surface area (Å²) in [7, 11) is 0. The number of hydrogen-bond donors (Lipinski definition) is 1. The van der Waals surface area contributed by atoms with Gasteiger partial charge in [-0.05, 0) is 18.1 Å². The van der Waals surface area contributed by atoms with Crippen molar-refractivity contribution in [3.63, 3.8) is 0 Å². The van der Waals surface area contributed by atoms with Gasteiger partial charge in [0, 0.05) is 5.38 Å². The molecule has 1 amide bonds. The molecule has 2 aromatic heterocycles. The van der Waals surface area contributed by atoms with Gasteiger partial charge in [0.05, 0.1) is 15.9 Å². The molecule has 0 atom stereocenters. The second-order valence-corrected chi connectivity index (χ2v) is 6.56. The lowest BCUT2D eigenvalue weighted by atomic mass is 10.2. The first-order chi connectivity index (χ1) is 9.63. The van der Waals surface area contributed by atoms with Gasteiger partial charge in [-0.25, -0.2) is 9.97 Å². The maximum absolute atomic E-state index is 12.2. The standard InChI is InChI=1S/C14H13N3OS2/c1-8(2)10-7-19-14(16-10)17-12(18)13-15-9-5-3-4-6-11(9)20-13/h3-8H,1-2H3,(H,16,17,18). The van der Waals surface area contributed by atoms with Crippen molar-refractivity contribution in [1.82, 2.24) is 9.97 Å². The van der Waals surface area contributed by atoms with Gasteiger partial charge in [0.25, 0.3) is 5.91 Å². The summed E-state index contributed by atoms with van der Waals surface area (Å²) in [4.78, 5) is 20.9. The van der Waals surface area contributed by atoms with Crippen LogP contribution in [0.4, 0.5) is 5.13 Å². The van der Waals surface area contributed by atoms with E-state index in [-0.39, 0.29) is 5.91 Å². The average molecular weight is 303 g/mol. The number of aromatic nitrogens is 2. The van der Waals surface area contributed by atoms with Crippen molar-refractivity contribution < 1.29 is 4.79 Å². The quantitative estimate of drug-likeness (QED) is 0.791. The molecule has 102 valence electrons. The molecule has 0 unspecified atom stereocenters. The lowest BCUT2D eigenvalue weighted by Gasteiger charge is -1.98. The maximum atomic E-state index is 12.2. The largest absolute Gasteiger partial charge is 0.296 e. The van der Waals surface area contributed by atoms with Crippen molar-refractivity contribution in [1.29, 1.82) is 0 Å². The van der Waals surface area contributed by atoms with Gasteiger partial charge in [-0.3, -0.25) is 10.1 Å². The van der Waals surface area contributed by atoms with Crippen molar-refractivity contribution in [2.45, 2.75) is 19.8 Å². The van der Waals surface area contributed by atoms with Crippen LogP contribution in [0.5, 0.6) is 0 Å². The predicted molar refractivity (Wildman–Crippen MR) is 83.8 cm³/mol. The van der Waals surface area contributed by atoms with E-state index in [1.165, 1.54) is 22.7 Å². The van der Waals surface area contributed by atoms with Gasteiger partial charge in [0.15, 0.2) is 10.1 Å². The monoisotopic (exact) mass is 303 g/mol. The Morgan fingerprint density at radius 3 is 2.75 bits per heavy atom. The van der Waals surface area contributed by atoms with Gasteiger partial charge < -0.3 is 0 Å². The third-order valence-electron chi connectivity index (χ3n) is 2.82. The number of benzene rings is 1. The summed E-state index contributed by atoms with van der Waals surface area (Å²) in [5.74, 6) is 0.162. The Morgan fingerprint density at radius 1 is 1.25 bits per heavy atom. The minimum absolute atomic E-state index is 0.198. The first-order valence-corrected chi connectivity index (χ1v) is 7.95. The SMILES string of the molecule is CC(C)c1csc(NC(=O)c2nc3ccccc3s2)n1. The van der Waals surface area contributed by atoms with E-state index in [4.69, 9.17) is 0 Å². The highest BCUT2D eigenvalue weighted by Gasteiger charge is 2.14. The number of para-hydroxylation sites is 1. The predicted octanol–water partition coefficient (Wildman–Crippen LogP) is 4.13. The summed E-state index contributed by atoms with van der Waals surface area (Å²) < 4.78 is 1.01. The van der Waals surface area contributed by atoms with Crippen LogP contribution < -0.4 is 5.32 Å². The zero-order valence-corrected chi connectivity index (χ0v) is 12.7. The van der Waals surface area contributed by atoms with E-state index >= 15 is 0 Å². The number of nitrogens with one attached hydrogen (secondary N) is 1. The van der Waals surface area contributed by atoms with E-state index in [1.54, 1.807) is 0 Å². The van der Waals surface area contributed by atoms with Crippen LogP contribution in [0.2, 0.25) is 0 Å². The number of anilines is 1. The smallest absolute Gasteiger partial charge is 0.286 e. The number of carbonyl (C=O) groups is 1. The highest BCUT2D eigenvalue weighted by atomic mass is 32.1. The summed E-state index contributed by atoms with van der Waals surface area (Å²) in [6.07, 6.45) is 0. The number of rotatable bonds is 3. The Kier molecular flexibility index (Phi) is 3.50. The summed E-state index contributed by atoms with van der Waals surface area (Å²) in [5, 5.41) is 5.87. The molecule has 0 saturated carbocycles. The number of nitrogens with zero attached hydrogens (tertiary/aromatic N) is 2. The fourth-order valence-electron chi connectivity index (χ4n) is 1.73. The fraction of sp³-hybridized carbons (Fsp3) is 0.214. The molecule has 3 aromatic rings. The molecular weight excluding hydrogens is 290 g/mol. The third-order valence-corrected chi connectivity index (χ3v) is 4.63. The van der Waals surface area contributed by atoms with E-state index in [0.717, 1.165) is 15.9 Å². The molecule has 6 heteroatoms. The maximum Gasteiger partial charge on any atom is 0.286 e. The summed E-state index contributed by atoms with van der Waals surface area (Å²) in [5.41, 5.74) is 1.85. The van der Waals surface area contributed by atoms with E-state index in [9.17, 15) is 4.79 Å². The fourth-order valence-corrected chi connectivity index (χ4v) is 3.46. The minimum atomic E-state index is -0.198. The van der Waals surface area contributed by atoms with E-state index in [0.29, 0.717) is 16.1 Å². The number of hydrogen-bond acceptors (Lipinski definition) is 5. The van der Waals surface area contributed by atoms with Crippen molar-refractivity contribution in [3.05, 3.63) is 40.3 Å². The van der Waals surface area contributed by atoms with Gasteiger partial charge in [-0.2, -0.15) is 0 Å². The van der Waals surface area contributed by atoms with E-state index < -0.39 is 0 Å². The second-order valence-electron chi connectivity index (χ2n) is 4.67. The number of carbonyl (C=O) groups excluding carboxylic acids is 1. The van der Waals surface area contributed by atoms with Crippen LogP contribution >= 0.6 is 22.7 Å². The zero-order chi connectivity index (χ0) is 14.1. The lowest BCUT2D eigenvalue weighted by molar-refractivity contribution is 0.102. The van der Waals surface area contributed by atoms with Crippen molar-refractivity contribution in [3.8, 4) is 0 Å². The van der Waals surface area contributed by atoms with Crippen LogP contribution in [0.3, 0.4) is 0 Å². The van der Waals surface area contributed by atoms with Gasteiger partial charge in [-0.15, -0.1) is 22.7 Å². The van der Waals surface area contributed by atoms with Crippen molar-refractivity contribution in [2.24, 2.45) is 0 Å². The Hall–Kier alpha value is -1.79. The first-order valence-electron chi connectivity index (χ1n) is 6.26. The summed E-state index contributed by atoms with van der Waals surface area (Å²) in [6.45, 7) is 4.16. The molecule has 0 radical (unpaired) electrons. The molecule has 1 aromatic carbocycles. The van der Waals surface area contributed by atoms with Crippen LogP contribution in [-0.2, 0) is 0 Å². The molecule has 0 saturated heterocycles. The van der Waals surface area contributed by atoms with Crippen LogP contribution in [0.15, 0.2) is 29.6 Å². The molecule has 0 aliphatic carbocycles. The Morgan fingerprint density at radius 2 is 2.05 bits per heavy atom. The highest BCUT2D eigenvalue weighted by molar-refractivity contribution is 7.20. The Labute approximate surface area is 124 Å². The number of fused-ring (bicyclic) bond motifs is 1. The number of thiazole rings is 2. The zero-order valence-electron chi connectivity index (χ0n) is 11.1. The van der Waals surface area contributed by atoms with Gasteiger partial charge in [0.2, 0.25) is 0 Å². The van der Waals surface area contributed by atoms with Gasteiger partial charge in [0.1, 0.15) is 0 Å². The molecule has 0 fully saturated rings. The molecular formula is C14H13N3OS2. The van der Waals surface area contributed by atoms with Crippen LogP contribution in [0, 0.1) is 0 Å². The van der Waals surface area contributed by atoms with Gasteiger partial charge in [-0.1, -0.05) is 26.0 Å². The number of amides is 1. The first kappa shape index (κ1) is 13.2. The Bertz CT molecular complexity index is 727. The van der Waals surface area contributed by atoms with Crippen LogP contribution in [0.1, 0.15) is 35.3 Å². The molecule has 0 spiro atoms. The van der Waals surface area contributed by atoms with Crippen LogP contribution in [0.25, 0.3) is 10.2 Å². The van der Waals surface area contributed by atoms with E-state index in [1.807, 2.05) is 29.6 Å². The molecule has 0 bridgehead atoms. The van der Waals surface area contributed by atoms with Crippen molar-refractivity contribution in [2.75, 3.05) is 5.32 Å². The normalized spacial score (nSPS) is 11.2. The molecule has 20 heavy (non-hydrogen) atoms. The molecule has 0 aliphatic rings. The Balaban J connectivity index is 1.81. The van der Waals surface area contributed by atoms with E-state index in [2.05, 4.69) is 29.1 Å². The summed E-state index contributed by atoms with van der Waals surface area (Å²) in [6, 6.07) is 7.73. The molecule has 3 rings (SSSR count). The highest BCUT2D eigenvalue weighted by Crippen LogP contribution is 2.24. The lowest BCUT2D eigenvalue weighted by Crippen LogP contribution is -2.11. The molecule has 0 aliphatic heterocycles. The molecule has 2 heterocycles.